The molecule has 1 atom stereocenters. The molecule has 0 aromatic heterocycles. The van der Waals surface area contributed by atoms with Gasteiger partial charge in [0, 0.05) is 4.43 Å². The Labute approximate surface area is 96.3 Å². The van der Waals surface area contributed by atoms with Gasteiger partial charge in [0.15, 0.2) is 0 Å². The molecule has 0 unspecified atom stereocenters. The fourth-order valence-electron chi connectivity index (χ4n) is 0.616. The molecule has 5 nitrogen and oxygen atoms in total. The van der Waals surface area contributed by atoms with Gasteiger partial charge in [0.25, 0.3) is 0 Å². The van der Waals surface area contributed by atoms with E-state index in [1.54, 1.807) is 20.8 Å². The van der Waals surface area contributed by atoms with Gasteiger partial charge >= 0.3 is 12.1 Å². The van der Waals surface area contributed by atoms with Gasteiger partial charge in [0.05, 0.1) is 0 Å². The first-order valence-electron chi connectivity index (χ1n) is 4.04. The van der Waals surface area contributed by atoms with E-state index in [0.29, 0.717) is 4.43 Å². The highest BCUT2D eigenvalue weighted by Crippen LogP contribution is 2.07. The number of carbonyl (C=O) groups excluding carboxylic acids is 1. The minimum atomic E-state index is -1.06. The van der Waals surface area contributed by atoms with Crippen molar-refractivity contribution < 1.29 is 19.4 Å². The number of nitrogens with one attached hydrogen (secondary N) is 1. The molecule has 82 valence electrons. The van der Waals surface area contributed by atoms with Gasteiger partial charge in [-0.05, 0) is 20.8 Å². The summed E-state index contributed by atoms with van der Waals surface area (Å²) in [5.41, 5.74) is -0.613. The van der Waals surface area contributed by atoms with E-state index in [4.69, 9.17) is 9.84 Å². The van der Waals surface area contributed by atoms with Crippen molar-refractivity contribution in [1.29, 1.82) is 0 Å². The molecule has 0 aliphatic carbocycles. The summed E-state index contributed by atoms with van der Waals surface area (Å²) in [6, 6.07) is -0.898. The quantitative estimate of drug-likeness (QED) is 0.610. The zero-order valence-electron chi connectivity index (χ0n) is 8.33. The van der Waals surface area contributed by atoms with Crippen LogP contribution < -0.4 is 5.32 Å². The fraction of sp³-hybridized carbons (Fsp3) is 0.750. The molecule has 0 aliphatic heterocycles. The van der Waals surface area contributed by atoms with Gasteiger partial charge in [-0.25, -0.2) is 9.59 Å². The van der Waals surface area contributed by atoms with Crippen molar-refractivity contribution in [2.45, 2.75) is 32.4 Å². The molecule has 6 heteroatoms. The van der Waals surface area contributed by atoms with Crippen LogP contribution in [-0.2, 0) is 9.53 Å². The third-order valence-electron chi connectivity index (χ3n) is 1.14. The van der Waals surface area contributed by atoms with E-state index in [1.807, 2.05) is 22.6 Å². The highest BCUT2D eigenvalue weighted by molar-refractivity contribution is 14.1. The number of carboxylic acids is 1. The third kappa shape index (κ3) is 6.01. The largest absolute Gasteiger partial charge is 0.480 e. The van der Waals surface area contributed by atoms with Crippen LogP contribution in [0.25, 0.3) is 0 Å². The molecule has 2 N–H and O–H groups in total. The lowest BCUT2D eigenvalue weighted by atomic mass is 10.2. The molecule has 14 heavy (non-hydrogen) atoms. The SMILES string of the molecule is CC(C)(C)OC(=O)N[C@@H](CI)C(=O)O. The summed E-state index contributed by atoms with van der Waals surface area (Å²) in [5, 5.41) is 10.9. The summed E-state index contributed by atoms with van der Waals surface area (Å²) >= 11 is 1.88. The Hall–Kier alpha value is -0.530. The van der Waals surface area contributed by atoms with Gasteiger partial charge in [-0.1, -0.05) is 22.6 Å². The zero-order valence-corrected chi connectivity index (χ0v) is 10.5. The van der Waals surface area contributed by atoms with Crippen LogP contribution >= 0.6 is 22.6 Å². The second-order valence-corrected chi connectivity index (χ2v) is 4.57. The number of halogens is 1. The highest BCUT2D eigenvalue weighted by atomic mass is 127. The molecular formula is C8H14INO4. The highest BCUT2D eigenvalue weighted by Gasteiger charge is 2.22. The van der Waals surface area contributed by atoms with E-state index >= 15 is 0 Å². The monoisotopic (exact) mass is 315 g/mol. The number of amides is 1. The molecule has 0 aromatic carbocycles. The van der Waals surface area contributed by atoms with Crippen molar-refractivity contribution in [1.82, 2.24) is 5.32 Å². The summed E-state index contributed by atoms with van der Waals surface area (Å²) in [4.78, 5) is 21.7. The second kappa shape index (κ2) is 5.38. The molecule has 0 heterocycles. The van der Waals surface area contributed by atoms with Gasteiger partial charge in [-0.15, -0.1) is 0 Å². The third-order valence-corrected chi connectivity index (χ3v) is 2.02. The average molecular weight is 315 g/mol. The topological polar surface area (TPSA) is 75.6 Å². The molecule has 0 fully saturated rings. The maximum Gasteiger partial charge on any atom is 0.408 e. The summed E-state index contributed by atoms with van der Waals surface area (Å²) in [6.45, 7) is 5.14. The molecule has 0 saturated heterocycles. The number of alkyl carbamates (subject to hydrolysis) is 1. The maximum absolute atomic E-state index is 11.1. The standard InChI is InChI=1S/C8H14INO4/c1-8(2,3)14-7(13)10-5(4-9)6(11)12/h5H,4H2,1-3H3,(H,10,13)(H,11,12)/t5-/m0/s1. The summed E-state index contributed by atoms with van der Waals surface area (Å²) in [6.07, 6.45) is -0.707. The van der Waals surface area contributed by atoms with E-state index in [2.05, 4.69) is 5.32 Å². The lowest BCUT2D eigenvalue weighted by Crippen LogP contribution is -2.44. The lowest BCUT2D eigenvalue weighted by Gasteiger charge is -2.21. The average Bonchev–Trinajstić information content (AvgIpc) is 1.96. The Balaban J connectivity index is 4.11. The number of hydrogen-bond donors (Lipinski definition) is 2. The Morgan fingerprint density at radius 3 is 2.29 bits per heavy atom. The minimum Gasteiger partial charge on any atom is -0.480 e. The van der Waals surface area contributed by atoms with Crippen LogP contribution in [0.1, 0.15) is 20.8 Å². The van der Waals surface area contributed by atoms with Gasteiger partial charge in [-0.2, -0.15) is 0 Å². The normalized spacial score (nSPS) is 13.1. The molecule has 1 amide bonds. The van der Waals surface area contributed by atoms with E-state index in [-0.39, 0.29) is 0 Å². The van der Waals surface area contributed by atoms with E-state index in [9.17, 15) is 9.59 Å². The molecule has 0 aliphatic rings. The van der Waals surface area contributed by atoms with Gasteiger partial charge in [0.2, 0.25) is 0 Å². The molecule has 0 spiro atoms. The smallest absolute Gasteiger partial charge is 0.408 e. The van der Waals surface area contributed by atoms with Crippen LogP contribution in [0, 0.1) is 0 Å². The van der Waals surface area contributed by atoms with Gasteiger partial charge < -0.3 is 15.2 Å². The summed E-state index contributed by atoms with van der Waals surface area (Å²) in [7, 11) is 0. The molecule has 0 aromatic rings. The van der Waals surface area contributed by atoms with Crippen LogP contribution in [0.15, 0.2) is 0 Å². The van der Waals surface area contributed by atoms with Crippen molar-refractivity contribution in [2.24, 2.45) is 0 Å². The first-order chi connectivity index (χ1) is 6.26. The summed E-state index contributed by atoms with van der Waals surface area (Å²) < 4.78 is 5.20. The Morgan fingerprint density at radius 2 is 2.00 bits per heavy atom. The van der Waals surface area contributed by atoms with Crippen molar-refractivity contribution >= 4 is 34.7 Å². The molecule has 0 saturated carbocycles. The Morgan fingerprint density at radius 1 is 1.50 bits per heavy atom. The number of carboxylic acid groups (broad SMARTS) is 1. The predicted molar refractivity (Wildman–Crippen MR) is 59.7 cm³/mol. The number of rotatable bonds is 3. The zero-order chi connectivity index (χ0) is 11.4. The van der Waals surface area contributed by atoms with Crippen molar-refractivity contribution in [3.8, 4) is 0 Å². The van der Waals surface area contributed by atoms with Crippen LogP contribution in [0.3, 0.4) is 0 Å². The van der Waals surface area contributed by atoms with Crippen LogP contribution in [0.5, 0.6) is 0 Å². The van der Waals surface area contributed by atoms with E-state index in [1.165, 1.54) is 0 Å². The number of carbonyl (C=O) groups is 2. The lowest BCUT2D eigenvalue weighted by molar-refractivity contribution is -0.138. The van der Waals surface area contributed by atoms with Gasteiger partial charge in [-0.3, -0.25) is 0 Å². The minimum absolute atomic E-state index is 0.298. The maximum atomic E-state index is 11.1. The summed E-state index contributed by atoms with van der Waals surface area (Å²) in [5.74, 6) is -1.06. The van der Waals surface area contributed by atoms with Crippen molar-refractivity contribution in [3.05, 3.63) is 0 Å². The first-order valence-corrected chi connectivity index (χ1v) is 5.57. The molecule has 0 rings (SSSR count). The fourth-order valence-corrected chi connectivity index (χ4v) is 1.21. The molecular weight excluding hydrogens is 301 g/mol. The number of ether oxygens (including phenoxy) is 1. The van der Waals surface area contributed by atoms with E-state index in [0.717, 1.165) is 0 Å². The van der Waals surface area contributed by atoms with Crippen LogP contribution in [-0.4, -0.2) is 33.2 Å². The van der Waals surface area contributed by atoms with Gasteiger partial charge in [0.1, 0.15) is 11.6 Å². The van der Waals surface area contributed by atoms with Crippen molar-refractivity contribution in [3.63, 3.8) is 0 Å². The van der Waals surface area contributed by atoms with Crippen molar-refractivity contribution in [2.75, 3.05) is 4.43 Å². The number of aliphatic carboxylic acids is 1. The Bertz CT molecular complexity index is 224. The van der Waals surface area contributed by atoms with Crippen LogP contribution in [0.4, 0.5) is 4.79 Å². The Kier molecular flexibility index (Phi) is 5.17. The number of alkyl halides is 1. The van der Waals surface area contributed by atoms with Crippen LogP contribution in [0.2, 0.25) is 0 Å². The molecule has 0 radical (unpaired) electrons. The number of hydrogen-bond acceptors (Lipinski definition) is 3. The predicted octanol–water partition coefficient (Wildman–Crippen LogP) is 1.40. The molecule has 0 bridgehead atoms. The first kappa shape index (κ1) is 13.5. The second-order valence-electron chi connectivity index (χ2n) is 3.69. The van der Waals surface area contributed by atoms with E-state index < -0.39 is 23.7 Å².